The molecule has 2 bridgehead atoms. The lowest BCUT2D eigenvalue weighted by Crippen LogP contribution is -2.51. The van der Waals surface area contributed by atoms with Crippen LogP contribution in [0.2, 0.25) is 0 Å². The van der Waals surface area contributed by atoms with Crippen LogP contribution in [0, 0.1) is 29.0 Å². The number of nitriles is 1. The summed E-state index contributed by atoms with van der Waals surface area (Å²) in [4.78, 5) is 18.4. The molecule has 0 saturated carbocycles. The van der Waals surface area contributed by atoms with Crippen LogP contribution < -0.4 is 15.0 Å². The van der Waals surface area contributed by atoms with E-state index in [1.165, 1.54) is 6.07 Å². The van der Waals surface area contributed by atoms with Crippen molar-refractivity contribution in [1.29, 1.82) is 5.26 Å². The summed E-state index contributed by atoms with van der Waals surface area (Å²) >= 11 is 0. The summed E-state index contributed by atoms with van der Waals surface area (Å²) in [5, 5.41) is 24.6. The second kappa shape index (κ2) is 10.8. The lowest BCUT2D eigenvalue weighted by Gasteiger charge is -2.34. The first kappa shape index (κ1) is 27.9. The number of rotatable bonds is 5. The number of nitrogens with one attached hydrogen (secondary N) is 1. The van der Waals surface area contributed by atoms with Crippen molar-refractivity contribution in [3.8, 4) is 40.9 Å². The van der Waals surface area contributed by atoms with Crippen LogP contribution in [0.3, 0.4) is 0 Å². The van der Waals surface area contributed by atoms with Crippen LogP contribution in [-0.4, -0.2) is 81.5 Å². The first-order valence-corrected chi connectivity index (χ1v) is 15.5. The summed E-state index contributed by atoms with van der Waals surface area (Å²) in [6.07, 6.45) is 5.05. The predicted octanol–water partition coefficient (Wildman–Crippen LogP) is 4.46. The maximum Gasteiger partial charge on any atom is 0.319 e. The fourth-order valence-electron chi connectivity index (χ4n) is 7.89. The summed E-state index contributed by atoms with van der Waals surface area (Å²) in [6.45, 7) is 2.90. The third-order valence-corrected chi connectivity index (χ3v) is 9.88. The van der Waals surface area contributed by atoms with Crippen LogP contribution in [0.1, 0.15) is 37.7 Å². The molecule has 4 aromatic rings. The quantitative estimate of drug-likeness (QED) is 0.318. The number of benzene rings is 2. The lowest BCUT2D eigenvalue weighted by atomic mass is 9.95. The standard InChI is InChI=1S/C34H31F2N7O2/c35-22-14-34(10-2-12-43(34)16-22)19-45-33-40-30-27(32(41-33)42-17-23-6-7-24(18-42)39-23)15-38-31(29(30)36)28-20(3-1-11-37)4-5-21-13-25(44)8-9-26(21)28/h4-5,8-9,13,15,22-24,39,44H,2,6-7,10,12,14,16-19H2. The number of halogens is 2. The highest BCUT2D eigenvalue weighted by Crippen LogP contribution is 2.41. The van der Waals surface area contributed by atoms with Gasteiger partial charge in [0.1, 0.15) is 35.6 Å². The van der Waals surface area contributed by atoms with Crippen molar-refractivity contribution in [3.63, 3.8) is 0 Å². The molecule has 0 amide bonds. The van der Waals surface area contributed by atoms with Crippen LogP contribution in [0.5, 0.6) is 11.8 Å². The fraction of sp³-hybridized carbons (Fsp3) is 0.412. The Kier molecular flexibility index (Phi) is 6.70. The first-order chi connectivity index (χ1) is 21.9. The van der Waals surface area contributed by atoms with Gasteiger partial charge in [-0.05, 0) is 67.3 Å². The van der Waals surface area contributed by atoms with Crippen molar-refractivity contribution in [2.75, 3.05) is 37.7 Å². The normalized spacial score (nSPS) is 25.7. The highest BCUT2D eigenvalue weighted by atomic mass is 19.1. The van der Waals surface area contributed by atoms with Gasteiger partial charge in [-0.1, -0.05) is 12.0 Å². The van der Waals surface area contributed by atoms with E-state index in [1.807, 2.05) is 6.07 Å². The van der Waals surface area contributed by atoms with Gasteiger partial charge in [0.05, 0.1) is 10.9 Å². The zero-order valence-electron chi connectivity index (χ0n) is 24.6. The van der Waals surface area contributed by atoms with Gasteiger partial charge in [-0.3, -0.25) is 9.88 Å². The molecule has 4 fully saturated rings. The van der Waals surface area contributed by atoms with Gasteiger partial charge in [-0.2, -0.15) is 15.2 Å². The SMILES string of the molecule is N#CC#Cc1ccc2cc(O)ccc2c1-c1ncc2c(N3CC4CCC(C3)N4)nc(OCC34CCCN3CC(F)C4)nc2c1F. The first-order valence-electron chi connectivity index (χ1n) is 15.5. The topological polar surface area (TPSA) is 110 Å². The summed E-state index contributed by atoms with van der Waals surface area (Å²) < 4.78 is 37.6. The van der Waals surface area contributed by atoms with Crippen molar-refractivity contribution in [2.24, 2.45) is 0 Å². The number of pyridine rings is 1. The molecule has 0 aliphatic carbocycles. The number of anilines is 1. The molecule has 2 N–H and O–H groups in total. The van der Waals surface area contributed by atoms with Gasteiger partial charge in [0.25, 0.3) is 0 Å². The van der Waals surface area contributed by atoms with E-state index in [0.29, 0.717) is 71.2 Å². The van der Waals surface area contributed by atoms with E-state index in [9.17, 15) is 9.50 Å². The smallest absolute Gasteiger partial charge is 0.319 e. The molecular weight excluding hydrogens is 576 g/mol. The molecule has 6 heterocycles. The van der Waals surface area contributed by atoms with Gasteiger partial charge in [0, 0.05) is 61.4 Å². The van der Waals surface area contributed by atoms with Gasteiger partial charge < -0.3 is 20.1 Å². The molecule has 4 saturated heterocycles. The molecule has 45 heavy (non-hydrogen) atoms. The monoisotopic (exact) mass is 607 g/mol. The predicted molar refractivity (Wildman–Crippen MR) is 165 cm³/mol. The average molecular weight is 608 g/mol. The number of hydrogen-bond acceptors (Lipinski definition) is 9. The van der Waals surface area contributed by atoms with Crippen LogP contribution in [0.25, 0.3) is 32.9 Å². The Balaban J connectivity index is 1.28. The summed E-state index contributed by atoms with van der Waals surface area (Å²) in [6, 6.07) is 10.8. The second-order valence-electron chi connectivity index (χ2n) is 12.7. The molecule has 2 aromatic heterocycles. The number of aromatic nitrogens is 3. The Morgan fingerprint density at radius 2 is 1.96 bits per heavy atom. The van der Waals surface area contributed by atoms with Crippen molar-refractivity contribution in [3.05, 3.63) is 47.9 Å². The third-order valence-electron chi connectivity index (χ3n) is 9.88. The Morgan fingerprint density at radius 3 is 2.78 bits per heavy atom. The molecule has 228 valence electrons. The van der Waals surface area contributed by atoms with Crippen molar-refractivity contribution in [1.82, 2.24) is 25.2 Å². The van der Waals surface area contributed by atoms with E-state index in [1.54, 1.807) is 30.5 Å². The van der Waals surface area contributed by atoms with Gasteiger partial charge in [-0.25, -0.2) is 8.78 Å². The summed E-state index contributed by atoms with van der Waals surface area (Å²) in [7, 11) is 0. The molecule has 4 aliphatic rings. The van der Waals surface area contributed by atoms with Crippen molar-refractivity contribution < 1.29 is 18.6 Å². The maximum atomic E-state index is 16.9. The van der Waals surface area contributed by atoms with E-state index >= 15 is 4.39 Å². The fourth-order valence-corrected chi connectivity index (χ4v) is 7.89. The maximum absolute atomic E-state index is 16.9. The molecule has 0 spiro atoms. The van der Waals surface area contributed by atoms with Gasteiger partial charge in [0.15, 0.2) is 11.9 Å². The number of aromatic hydroxyl groups is 1. The molecule has 9 nitrogen and oxygen atoms in total. The van der Waals surface area contributed by atoms with E-state index in [2.05, 4.69) is 36.9 Å². The Morgan fingerprint density at radius 1 is 1.11 bits per heavy atom. The lowest BCUT2D eigenvalue weighted by molar-refractivity contribution is 0.107. The van der Waals surface area contributed by atoms with Gasteiger partial charge >= 0.3 is 6.01 Å². The van der Waals surface area contributed by atoms with Gasteiger partial charge in [-0.15, -0.1) is 0 Å². The Hall–Kier alpha value is -4.58. The molecule has 2 aromatic carbocycles. The highest BCUT2D eigenvalue weighted by molar-refractivity contribution is 6.01. The van der Waals surface area contributed by atoms with E-state index < -0.39 is 17.5 Å². The number of fused-ring (bicyclic) bond motifs is 5. The third kappa shape index (κ3) is 4.78. The molecule has 4 unspecified atom stereocenters. The van der Waals surface area contributed by atoms with Crippen molar-refractivity contribution in [2.45, 2.75) is 55.9 Å². The summed E-state index contributed by atoms with van der Waals surface area (Å²) in [5.41, 5.74) is 0.506. The van der Waals surface area contributed by atoms with Crippen molar-refractivity contribution >= 4 is 27.5 Å². The molecule has 11 heteroatoms. The van der Waals surface area contributed by atoms with Crippen LogP contribution in [0.4, 0.5) is 14.6 Å². The largest absolute Gasteiger partial charge is 0.508 e. The number of phenolic OH excluding ortho intramolecular Hbond substituents is 1. The Bertz CT molecular complexity index is 1940. The highest BCUT2D eigenvalue weighted by Gasteiger charge is 2.49. The zero-order valence-corrected chi connectivity index (χ0v) is 24.6. The number of nitrogens with zero attached hydrogens (tertiary/aromatic N) is 6. The number of alkyl halides is 1. The number of piperazine rings is 1. The molecular formula is C34H31F2N7O2. The van der Waals surface area contributed by atoms with E-state index in [-0.39, 0.29) is 29.6 Å². The molecule has 4 aliphatic heterocycles. The zero-order chi connectivity index (χ0) is 30.7. The van der Waals surface area contributed by atoms with Gasteiger partial charge in [0.2, 0.25) is 0 Å². The van der Waals surface area contributed by atoms with E-state index in [4.69, 9.17) is 15.0 Å². The van der Waals surface area contributed by atoms with Crippen LogP contribution >= 0.6 is 0 Å². The molecule has 4 atom stereocenters. The minimum Gasteiger partial charge on any atom is -0.508 e. The number of phenols is 1. The van der Waals surface area contributed by atoms with Crippen LogP contribution in [-0.2, 0) is 0 Å². The van der Waals surface area contributed by atoms with Crippen LogP contribution in [0.15, 0.2) is 36.5 Å². The summed E-state index contributed by atoms with van der Waals surface area (Å²) in [5.74, 6) is 5.21. The van der Waals surface area contributed by atoms with E-state index in [0.717, 1.165) is 32.2 Å². The molecule has 8 rings (SSSR count). The number of ether oxygens (including phenoxy) is 1. The molecule has 0 radical (unpaired) electrons. The minimum atomic E-state index is -0.898. The average Bonchev–Trinajstić information content (AvgIpc) is 3.69. The minimum absolute atomic E-state index is 0.0219. The second-order valence-corrected chi connectivity index (χ2v) is 12.7. The Labute approximate surface area is 258 Å². The number of hydrogen-bond donors (Lipinski definition) is 2.